The fourth-order valence-corrected chi connectivity index (χ4v) is 2.36. The molecule has 2 N–H and O–H groups in total. The Labute approximate surface area is 99.2 Å². The van der Waals surface area contributed by atoms with E-state index >= 15 is 0 Å². The van der Waals surface area contributed by atoms with Gasteiger partial charge in [0.15, 0.2) is 6.10 Å². The Kier molecular flexibility index (Phi) is 3.63. The largest absolute Gasteiger partial charge is 0.479 e. The molecule has 17 heavy (non-hydrogen) atoms. The first kappa shape index (κ1) is 12.3. The lowest BCUT2D eigenvalue weighted by molar-refractivity contribution is -0.156. The minimum atomic E-state index is -1.01. The first-order valence-electron chi connectivity index (χ1n) is 5.93. The van der Waals surface area contributed by atoms with Crippen LogP contribution in [-0.2, 0) is 14.3 Å². The Morgan fingerprint density at radius 3 is 2.47 bits per heavy atom. The maximum Gasteiger partial charge on any atom is 0.332 e. The lowest BCUT2D eigenvalue weighted by Crippen LogP contribution is -2.46. The molecular weight excluding hydrogens is 226 g/mol. The number of carbonyl (C=O) groups excluding carboxylic acids is 1. The smallest absolute Gasteiger partial charge is 0.332 e. The van der Waals surface area contributed by atoms with Crippen LogP contribution in [0.2, 0.25) is 0 Å². The molecule has 0 aromatic carbocycles. The van der Waals surface area contributed by atoms with Gasteiger partial charge in [0.25, 0.3) is 5.91 Å². The number of piperidine rings is 1. The highest BCUT2D eigenvalue weighted by molar-refractivity contribution is 5.82. The van der Waals surface area contributed by atoms with Crippen LogP contribution in [0.15, 0.2) is 0 Å². The second-order valence-corrected chi connectivity index (χ2v) is 4.61. The number of amides is 1. The first-order chi connectivity index (χ1) is 8.08. The third kappa shape index (κ3) is 2.76. The number of carbonyl (C=O) groups is 2. The number of aliphatic hydroxyl groups excluding tert-OH is 1. The highest BCUT2D eigenvalue weighted by Gasteiger charge is 2.37. The molecule has 2 saturated heterocycles. The normalized spacial score (nSPS) is 33.7. The van der Waals surface area contributed by atoms with Crippen molar-refractivity contribution in [2.75, 3.05) is 13.1 Å². The molecular formula is C11H17NO5. The van der Waals surface area contributed by atoms with Gasteiger partial charge in [0.05, 0.1) is 6.10 Å². The van der Waals surface area contributed by atoms with Crippen LogP contribution >= 0.6 is 0 Å². The number of β-amino-alcohol motifs (C(OH)–C–C–N with tert-alkyl or cyclic N) is 1. The average molecular weight is 243 g/mol. The van der Waals surface area contributed by atoms with Gasteiger partial charge in [0.1, 0.15) is 6.10 Å². The maximum atomic E-state index is 12.0. The van der Waals surface area contributed by atoms with E-state index in [0.717, 1.165) is 6.42 Å². The Morgan fingerprint density at radius 1 is 1.18 bits per heavy atom. The Morgan fingerprint density at radius 2 is 1.88 bits per heavy atom. The van der Waals surface area contributed by atoms with Crippen LogP contribution in [0.5, 0.6) is 0 Å². The first-order valence-corrected chi connectivity index (χ1v) is 5.93. The summed E-state index contributed by atoms with van der Waals surface area (Å²) in [6, 6.07) is 0. The number of aliphatic carboxylic acids is 1. The van der Waals surface area contributed by atoms with Crippen molar-refractivity contribution < 1.29 is 24.5 Å². The van der Waals surface area contributed by atoms with Gasteiger partial charge in [-0.05, 0) is 25.7 Å². The highest BCUT2D eigenvalue weighted by atomic mass is 16.5. The number of nitrogens with zero attached hydrogens (tertiary/aromatic N) is 1. The Bertz CT molecular complexity index is 319. The highest BCUT2D eigenvalue weighted by Crippen LogP contribution is 2.23. The third-order valence-corrected chi connectivity index (χ3v) is 3.28. The molecule has 0 radical (unpaired) electrons. The van der Waals surface area contributed by atoms with Gasteiger partial charge in [-0.25, -0.2) is 4.79 Å². The van der Waals surface area contributed by atoms with Crippen molar-refractivity contribution >= 4 is 11.9 Å². The van der Waals surface area contributed by atoms with Crippen LogP contribution in [0.1, 0.15) is 25.7 Å². The van der Waals surface area contributed by atoms with Crippen molar-refractivity contribution in [3.05, 3.63) is 0 Å². The molecule has 96 valence electrons. The van der Waals surface area contributed by atoms with E-state index in [0.29, 0.717) is 32.4 Å². The number of rotatable bonds is 2. The molecule has 0 aromatic rings. The number of carboxylic acid groups (broad SMARTS) is 1. The summed E-state index contributed by atoms with van der Waals surface area (Å²) >= 11 is 0. The van der Waals surface area contributed by atoms with Crippen molar-refractivity contribution in [3.8, 4) is 0 Å². The van der Waals surface area contributed by atoms with Crippen LogP contribution in [0.4, 0.5) is 0 Å². The summed E-state index contributed by atoms with van der Waals surface area (Å²) in [4.78, 5) is 24.3. The molecule has 2 rings (SSSR count). The van der Waals surface area contributed by atoms with Crippen molar-refractivity contribution in [3.63, 3.8) is 0 Å². The molecule has 2 heterocycles. The van der Waals surface area contributed by atoms with Crippen LogP contribution in [-0.4, -0.2) is 58.4 Å². The molecule has 6 heteroatoms. The zero-order valence-electron chi connectivity index (χ0n) is 9.54. The van der Waals surface area contributed by atoms with Gasteiger partial charge in [-0.1, -0.05) is 0 Å². The SMILES string of the molecule is O=C(O)C1CCC(C(=O)N2CCC[C@H](O)C2)O1. The number of carboxylic acids is 1. The minimum Gasteiger partial charge on any atom is -0.479 e. The van der Waals surface area contributed by atoms with Gasteiger partial charge in [-0.2, -0.15) is 0 Å². The molecule has 2 unspecified atom stereocenters. The van der Waals surface area contributed by atoms with Crippen LogP contribution in [0.25, 0.3) is 0 Å². The topological polar surface area (TPSA) is 87.1 Å². The summed E-state index contributed by atoms with van der Waals surface area (Å²) in [7, 11) is 0. The predicted octanol–water partition coefficient (Wildman–Crippen LogP) is -0.398. The van der Waals surface area contributed by atoms with Crippen molar-refractivity contribution in [2.24, 2.45) is 0 Å². The Hall–Kier alpha value is -1.14. The fraction of sp³-hybridized carbons (Fsp3) is 0.818. The summed E-state index contributed by atoms with van der Waals surface area (Å²) in [5.74, 6) is -1.20. The van der Waals surface area contributed by atoms with Crippen LogP contribution in [0.3, 0.4) is 0 Å². The quantitative estimate of drug-likeness (QED) is 0.689. The van der Waals surface area contributed by atoms with E-state index < -0.39 is 24.3 Å². The molecule has 0 spiro atoms. The molecule has 3 atom stereocenters. The molecule has 2 aliphatic heterocycles. The van der Waals surface area contributed by atoms with Gasteiger partial charge >= 0.3 is 5.97 Å². The molecule has 1 amide bonds. The van der Waals surface area contributed by atoms with Gasteiger partial charge in [-0.15, -0.1) is 0 Å². The number of likely N-dealkylation sites (tertiary alicyclic amines) is 1. The maximum absolute atomic E-state index is 12.0. The second-order valence-electron chi connectivity index (χ2n) is 4.61. The van der Waals surface area contributed by atoms with Gasteiger partial charge < -0.3 is 19.8 Å². The number of hydrogen-bond donors (Lipinski definition) is 2. The predicted molar refractivity (Wildman–Crippen MR) is 57.4 cm³/mol. The molecule has 2 fully saturated rings. The molecule has 0 bridgehead atoms. The molecule has 0 aliphatic carbocycles. The van der Waals surface area contributed by atoms with E-state index in [1.165, 1.54) is 0 Å². The lowest BCUT2D eigenvalue weighted by atomic mass is 10.1. The van der Waals surface area contributed by atoms with Gasteiger partial charge in [0, 0.05) is 13.1 Å². The molecule has 6 nitrogen and oxygen atoms in total. The van der Waals surface area contributed by atoms with Gasteiger partial charge in [-0.3, -0.25) is 4.79 Å². The van der Waals surface area contributed by atoms with Crippen molar-refractivity contribution in [1.82, 2.24) is 4.90 Å². The van der Waals surface area contributed by atoms with E-state index in [9.17, 15) is 14.7 Å². The minimum absolute atomic E-state index is 0.187. The number of hydrogen-bond acceptors (Lipinski definition) is 4. The summed E-state index contributed by atoms with van der Waals surface area (Å²) in [6.07, 6.45) is 0.337. The molecule has 0 saturated carbocycles. The standard InChI is InChI=1S/C11H17NO5/c13-7-2-1-5-12(6-7)10(14)8-3-4-9(17-8)11(15)16/h7-9,13H,1-6H2,(H,15,16)/t7-,8?,9?/m0/s1. The van der Waals surface area contributed by atoms with Crippen molar-refractivity contribution in [1.29, 1.82) is 0 Å². The number of ether oxygens (including phenoxy) is 1. The average Bonchev–Trinajstić information content (AvgIpc) is 2.77. The summed E-state index contributed by atoms with van der Waals surface area (Å²) in [5.41, 5.74) is 0. The zero-order chi connectivity index (χ0) is 12.4. The number of aliphatic hydroxyl groups is 1. The lowest BCUT2D eigenvalue weighted by Gasteiger charge is -2.31. The molecule has 0 aromatic heterocycles. The summed E-state index contributed by atoms with van der Waals surface area (Å²) in [6.45, 7) is 0.948. The van der Waals surface area contributed by atoms with Gasteiger partial charge in [0.2, 0.25) is 0 Å². The van der Waals surface area contributed by atoms with E-state index in [1.54, 1.807) is 4.90 Å². The van der Waals surface area contributed by atoms with Crippen molar-refractivity contribution in [2.45, 2.75) is 44.0 Å². The fourth-order valence-electron chi connectivity index (χ4n) is 2.36. The van der Waals surface area contributed by atoms with E-state index in [1.807, 2.05) is 0 Å². The molecule has 2 aliphatic rings. The summed E-state index contributed by atoms with van der Waals surface area (Å²) in [5, 5.41) is 18.3. The monoisotopic (exact) mass is 243 g/mol. The van der Waals surface area contributed by atoms with E-state index in [-0.39, 0.29) is 5.91 Å². The summed E-state index contributed by atoms with van der Waals surface area (Å²) < 4.78 is 5.20. The zero-order valence-corrected chi connectivity index (χ0v) is 9.54. The van der Waals surface area contributed by atoms with Crippen LogP contribution in [0, 0.1) is 0 Å². The van der Waals surface area contributed by atoms with E-state index in [2.05, 4.69) is 0 Å². The Balaban J connectivity index is 1.90. The second kappa shape index (κ2) is 5.01. The van der Waals surface area contributed by atoms with Crippen LogP contribution < -0.4 is 0 Å². The third-order valence-electron chi connectivity index (χ3n) is 3.28. The van der Waals surface area contributed by atoms with E-state index in [4.69, 9.17) is 9.84 Å².